The zero-order valence-electron chi connectivity index (χ0n) is 7.38. The highest BCUT2D eigenvalue weighted by atomic mass is 16.5. The first-order valence-corrected chi connectivity index (χ1v) is 4.04. The number of nitrogens with zero attached hydrogens (tertiary/aromatic N) is 4. The Kier molecular flexibility index (Phi) is 4.03. The van der Waals surface area contributed by atoms with Crippen LogP contribution in [0.2, 0.25) is 0 Å². The fourth-order valence-electron chi connectivity index (χ4n) is 0.817. The lowest BCUT2D eigenvalue weighted by atomic mass is 10.4. The molecule has 0 saturated heterocycles. The smallest absolute Gasteiger partial charge is 0.273 e. The second kappa shape index (κ2) is 5.60. The van der Waals surface area contributed by atoms with Crippen LogP contribution in [0.4, 0.5) is 0 Å². The minimum atomic E-state index is -0.292. The maximum Gasteiger partial charge on any atom is 0.273 e. The summed E-state index contributed by atoms with van der Waals surface area (Å²) < 4.78 is 4.50. The number of rotatable bonds is 5. The molecule has 0 atom stereocenters. The highest BCUT2D eigenvalue weighted by molar-refractivity contribution is 5.91. The van der Waals surface area contributed by atoms with Gasteiger partial charge in [0.2, 0.25) is 0 Å². The average molecular weight is 195 g/mol. The van der Waals surface area contributed by atoms with Gasteiger partial charge in [-0.1, -0.05) is 10.3 Å². The van der Waals surface area contributed by atoms with E-state index in [1.807, 2.05) is 0 Å². The number of carbonyl (C=O) groups excluding carboxylic acids is 1. The molecule has 1 aromatic rings. The van der Waals surface area contributed by atoms with Crippen molar-refractivity contribution in [2.24, 2.45) is 5.11 Å². The Hall–Kier alpha value is -2.01. The molecule has 0 aliphatic heterocycles. The summed E-state index contributed by atoms with van der Waals surface area (Å²) in [7, 11) is 0. The quantitative estimate of drug-likeness (QED) is 0.329. The van der Waals surface area contributed by atoms with E-state index in [4.69, 9.17) is 5.53 Å². The van der Waals surface area contributed by atoms with Crippen molar-refractivity contribution in [3.8, 4) is 0 Å². The molecular formula is C7H9N5O2. The lowest BCUT2D eigenvalue weighted by molar-refractivity contribution is 0.0944. The van der Waals surface area contributed by atoms with Crippen molar-refractivity contribution in [3.63, 3.8) is 0 Å². The van der Waals surface area contributed by atoms with Crippen LogP contribution in [-0.4, -0.2) is 24.2 Å². The van der Waals surface area contributed by atoms with Crippen molar-refractivity contribution in [2.75, 3.05) is 13.1 Å². The number of amides is 1. The Labute approximate surface area is 79.7 Å². The first-order valence-electron chi connectivity index (χ1n) is 4.04. The summed E-state index contributed by atoms with van der Waals surface area (Å²) in [6.45, 7) is 0.820. The van der Waals surface area contributed by atoms with Crippen molar-refractivity contribution in [1.82, 2.24) is 10.5 Å². The van der Waals surface area contributed by atoms with Gasteiger partial charge in [0, 0.05) is 24.1 Å². The zero-order chi connectivity index (χ0) is 10.2. The summed E-state index contributed by atoms with van der Waals surface area (Å²) >= 11 is 0. The van der Waals surface area contributed by atoms with Crippen LogP contribution in [0.15, 0.2) is 22.0 Å². The first kappa shape index (κ1) is 10.1. The molecule has 0 spiro atoms. The molecule has 7 nitrogen and oxygen atoms in total. The van der Waals surface area contributed by atoms with Gasteiger partial charge in [0.1, 0.15) is 6.26 Å². The van der Waals surface area contributed by atoms with Crippen LogP contribution in [0.1, 0.15) is 16.9 Å². The van der Waals surface area contributed by atoms with E-state index in [-0.39, 0.29) is 11.6 Å². The largest absolute Gasteiger partial charge is 0.364 e. The molecule has 74 valence electrons. The number of nitrogens with one attached hydrogen (secondary N) is 1. The minimum absolute atomic E-state index is 0.244. The Morgan fingerprint density at radius 1 is 1.79 bits per heavy atom. The number of aromatic nitrogens is 1. The summed E-state index contributed by atoms with van der Waals surface area (Å²) in [5.74, 6) is -0.292. The standard InChI is InChI=1S/C7H9N5O2/c8-12-10-4-1-3-9-7(13)6-2-5-14-11-6/h2,5H,1,3-4H2,(H,9,13). The van der Waals surface area contributed by atoms with Gasteiger partial charge in [-0.15, -0.1) is 0 Å². The molecule has 1 amide bonds. The summed E-state index contributed by atoms with van der Waals surface area (Å²) in [5.41, 5.74) is 8.22. The minimum Gasteiger partial charge on any atom is -0.364 e. The number of hydrogen-bond acceptors (Lipinski definition) is 4. The van der Waals surface area contributed by atoms with Gasteiger partial charge in [0.05, 0.1) is 0 Å². The molecular weight excluding hydrogens is 186 g/mol. The highest BCUT2D eigenvalue weighted by Gasteiger charge is 2.06. The van der Waals surface area contributed by atoms with E-state index in [0.717, 1.165) is 0 Å². The lowest BCUT2D eigenvalue weighted by Crippen LogP contribution is -2.25. The molecule has 1 aromatic heterocycles. The molecule has 1 heterocycles. The molecule has 14 heavy (non-hydrogen) atoms. The maximum atomic E-state index is 11.2. The fraction of sp³-hybridized carbons (Fsp3) is 0.429. The van der Waals surface area contributed by atoms with E-state index < -0.39 is 0 Å². The van der Waals surface area contributed by atoms with Crippen LogP contribution in [0, 0.1) is 0 Å². The molecule has 1 N–H and O–H groups in total. The monoisotopic (exact) mass is 195 g/mol. The van der Waals surface area contributed by atoms with E-state index in [2.05, 4.69) is 25.0 Å². The summed E-state index contributed by atoms with van der Waals surface area (Å²) in [6, 6.07) is 1.47. The summed E-state index contributed by atoms with van der Waals surface area (Å²) in [4.78, 5) is 13.8. The number of carbonyl (C=O) groups is 1. The van der Waals surface area contributed by atoms with E-state index in [1.165, 1.54) is 12.3 Å². The second-order valence-corrected chi connectivity index (χ2v) is 2.45. The third-order valence-corrected chi connectivity index (χ3v) is 1.45. The van der Waals surface area contributed by atoms with Crippen LogP contribution in [-0.2, 0) is 0 Å². The van der Waals surface area contributed by atoms with E-state index >= 15 is 0 Å². The molecule has 0 bridgehead atoms. The topological polar surface area (TPSA) is 104 Å². The van der Waals surface area contributed by atoms with Gasteiger partial charge in [-0.05, 0) is 12.0 Å². The Bertz CT molecular complexity index is 328. The van der Waals surface area contributed by atoms with E-state index in [9.17, 15) is 4.79 Å². The summed E-state index contributed by atoms with van der Waals surface area (Å²) in [5, 5.41) is 9.39. The van der Waals surface area contributed by atoms with Gasteiger partial charge in [0.25, 0.3) is 5.91 Å². The van der Waals surface area contributed by atoms with Crippen LogP contribution >= 0.6 is 0 Å². The van der Waals surface area contributed by atoms with Gasteiger partial charge in [-0.25, -0.2) is 0 Å². The van der Waals surface area contributed by atoms with Crippen LogP contribution < -0.4 is 5.32 Å². The molecule has 7 heteroatoms. The Balaban J connectivity index is 2.19. The molecule has 0 aromatic carbocycles. The fourth-order valence-corrected chi connectivity index (χ4v) is 0.817. The number of hydrogen-bond donors (Lipinski definition) is 1. The van der Waals surface area contributed by atoms with Crippen molar-refractivity contribution >= 4 is 5.91 Å². The van der Waals surface area contributed by atoms with Crippen LogP contribution in [0.5, 0.6) is 0 Å². The molecule has 0 radical (unpaired) electrons. The predicted molar refractivity (Wildman–Crippen MR) is 47.5 cm³/mol. The predicted octanol–water partition coefficient (Wildman–Crippen LogP) is 1.10. The van der Waals surface area contributed by atoms with Crippen LogP contribution in [0.3, 0.4) is 0 Å². The van der Waals surface area contributed by atoms with E-state index in [1.54, 1.807) is 0 Å². The first-order chi connectivity index (χ1) is 6.84. The molecule has 0 saturated carbocycles. The molecule has 0 aliphatic carbocycles. The second-order valence-electron chi connectivity index (χ2n) is 2.45. The maximum absolute atomic E-state index is 11.2. The third-order valence-electron chi connectivity index (χ3n) is 1.45. The van der Waals surface area contributed by atoms with Crippen LogP contribution in [0.25, 0.3) is 10.4 Å². The third kappa shape index (κ3) is 3.16. The zero-order valence-corrected chi connectivity index (χ0v) is 7.38. The lowest BCUT2D eigenvalue weighted by Gasteiger charge is -1.99. The van der Waals surface area contributed by atoms with Gasteiger partial charge in [-0.3, -0.25) is 4.79 Å². The van der Waals surface area contributed by atoms with Gasteiger partial charge in [0.15, 0.2) is 5.69 Å². The Morgan fingerprint density at radius 2 is 2.64 bits per heavy atom. The average Bonchev–Trinajstić information content (AvgIpc) is 2.70. The van der Waals surface area contributed by atoms with Crippen molar-refractivity contribution in [2.45, 2.75) is 6.42 Å². The SMILES string of the molecule is [N-]=[N+]=NCCCNC(=O)c1ccon1. The molecule has 0 aliphatic rings. The molecule has 1 rings (SSSR count). The van der Waals surface area contributed by atoms with Gasteiger partial charge >= 0.3 is 0 Å². The van der Waals surface area contributed by atoms with Crippen molar-refractivity contribution in [3.05, 3.63) is 28.5 Å². The normalized spacial score (nSPS) is 9.14. The van der Waals surface area contributed by atoms with Gasteiger partial charge in [-0.2, -0.15) is 0 Å². The van der Waals surface area contributed by atoms with E-state index in [0.29, 0.717) is 19.5 Å². The number of azide groups is 1. The van der Waals surface area contributed by atoms with Crippen molar-refractivity contribution in [1.29, 1.82) is 0 Å². The molecule has 0 unspecified atom stereocenters. The van der Waals surface area contributed by atoms with Crippen molar-refractivity contribution < 1.29 is 9.32 Å². The summed E-state index contributed by atoms with van der Waals surface area (Å²) in [6.07, 6.45) is 1.93. The van der Waals surface area contributed by atoms with Gasteiger partial charge < -0.3 is 9.84 Å². The Morgan fingerprint density at radius 3 is 3.29 bits per heavy atom. The highest BCUT2D eigenvalue weighted by Crippen LogP contribution is 1.93. The molecule has 0 fully saturated rings.